The molecule has 2 aromatic rings. The molecule has 0 saturated heterocycles. The molecule has 0 fully saturated rings. The number of anilines is 1. The normalized spacial score (nSPS) is 11.6. The number of sulfonamides is 1. The Morgan fingerprint density at radius 3 is 2.48 bits per heavy atom. The number of carbonyl (C=O) groups is 1. The number of allylic oxidation sites excluding steroid dienone is 1. The Bertz CT molecular complexity index is 810. The van der Waals surface area contributed by atoms with E-state index in [2.05, 4.69) is 0 Å². The molecule has 0 atom stereocenters. The lowest BCUT2D eigenvalue weighted by Crippen LogP contribution is -2.25. The van der Waals surface area contributed by atoms with E-state index in [1.807, 2.05) is 14.1 Å². The predicted molar refractivity (Wildman–Crippen MR) is 93.5 cm³/mol. The van der Waals surface area contributed by atoms with E-state index in [1.54, 1.807) is 52.9 Å². The summed E-state index contributed by atoms with van der Waals surface area (Å²) in [6, 6.07) is 9.83. The van der Waals surface area contributed by atoms with Crippen molar-refractivity contribution in [2.75, 3.05) is 25.4 Å². The maximum absolute atomic E-state index is 12.5. The Balaban J connectivity index is 2.31. The van der Waals surface area contributed by atoms with Crippen LogP contribution in [0.4, 0.5) is 5.69 Å². The molecular formula is C16H18N2O3S2. The van der Waals surface area contributed by atoms with Crippen molar-refractivity contribution in [3.63, 3.8) is 0 Å². The van der Waals surface area contributed by atoms with E-state index >= 15 is 0 Å². The van der Waals surface area contributed by atoms with Crippen LogP contribution in [0.1, 0.15) is 10.4 Å². The molecule has 1 aromatic heterocycles. The Labute approximate surface area is 140 Å². The minimum absolute atomic E-state index is 0.178. The van der Waals surface area contributed by atoms with E-state index in [0.29, 0.717) is 11.3 Å². The topological polar surface area (TPSA) is 57.7 Å². The van der Waals surface area contributed by atoms with Gasteiger partial charge in [0.1, 0.15) is 4.21 Å². The summed E-state index contributed by atoms with van der Waals surface area (Å²) in [6.07, 6.45) is 3.11. The van der Waals surface area contributed by atoms with Gasteiger partial charge in [0, 0.05) is 39.0 Å². The van der Waals surface area contributed by atoms with Crippen molar-refractivity contribution in [1.82, 2.24) is 4.90 Å². The van der Waals surface area contributed by atoms with Gasteiger partial charge in [0.25, 0.3) is 10.0 Å². The third-order valence-corrected chi connectivity index (χ3v) is 6.29. The highest BCUT2D eigenvalue weighted by molar-refractivity contribution is 7.94. The van der Waals surface area contributed by atoms with Gasteiger partial charge in [-0.15, -0.1) is 11.3 Å². The fourth-order valence-corrected chi connectivity index (χ4v) is 4.20. The quantitative estimate of drug-likeness (QED) is 0.594. The first-order chi connectivity index (χ1) is 10.8. The predicted octanol–water partition coefficient (Wildman–Crippen LogP) is 2.83. The SMILES string of the molecule is CN(C)C=CC(=O)c1cccc(N(C)S(=O)(=O)c2cccs2)c1. The van der Waals surface area contributed by atoms with E-state index < -0.39 is 10.0 Å². The first kappa shape index (κ1) is 17.2. The number of benzene rings is 1. The molecule has 0 aliphatic rings. The number of hydrogen-bond acceptors (Lipinski definition) is 5. The second-order valence-corrected chi connectivity index (χ2v) is 8.24. The highest BCUT2D eigenvalue weighted by Gasteiger charge is 2.22. The van der Waals surface area contributed by atoms with Crippen LogP contribution in [0.15, 0.2) is 58.3 Å². The van der Waals surface area contributed by atoms with Crippen molar-refractivity contribution < 1.29 is 13.2 Å². The molecule has 0 aliphatic heterocycles. The molecule has 0 aliphatic carbocycles. The molecule has 0 bridgehead atoms. The highest BCUT2D eigenvalue weighted by atomic mass is 32.2. The maximum atomic E-state index is 12.5. The van der Waals surface area contributed by atoms with Gasteiger partial charge in [-0.3, -0.25) is 9.10 Å². The summed E-state index contributed by atoms with van der Waals surface area (Å²) < 4.78 is 26.5. The van der Waals surface area contributed by atoms with Gasteiger partial charge >= 0.3 is 0 Å². The Kier molecular flexibility index (Phi) is 5.23. The molecule has 1 heterocycles. The largest absolute Gasteiger partial charge is 0.383 e. The Morgan fingerprint density at radius 1 is 1.13 bits per heavy atom. The van der Waals surface area contributed by atoms with Gasteiger partial charge in [0.05, 0.1) is 5.69 Å². The minimum atomic E-state index is -3.60. The third-order valence-electron chi connectivity index (χ3n) is 3.13. The molecule has 2 rings (SSSR count). The molecule has 0 spiro atoms. The van der Waals surface area contributed by atoms with Crippen LogP contribution in [0, 0.1) is 0 Å². The van der Waals surface area contributed by atoms with Gasteiger partial charge in [-0.1, -0.05) is 18.2 Å². The third kappa shape index (κ3) is 4.00. The Morgan fingerprint density at radius 2 is 1.87 bits per heavy atom. The van der Waals surface area contributed by atoms with Gasteiger partial charge in [-0.25, -0.2) is 8.42 Å². The van der Waals surface area contributed by atoms with E-state index in [1.165, 1.54) is 17.4 Å². The summed E-state index contributed by atoms with van der Waals surface area (Å²) in [5.41, 5.74) is 0.885. The molecule has 7 heteroatoms. The second kappa shape index (κ2) is 6.97. The fourth-order valence-electron chi connectivity index (χ4n) is 1.85. The number of thiophene rings is 1. The van der Waals surface area contributed by atoms with Crippen molar-refractivity contribution >= 4 is 32.8 Å². The molecule has 5 nitrogen and oxygen atoms in total. The van der Waals surface area contributed by atoms with Crippen LogP contribution in [0.25, 0.3) is 0 Å². The summed E-state index contributed by atoms with van der Waals surface area (Å²) in [7, 11) is 1.52. The van der Waals surface area contributed by atoms with E-state index in [0.717, 1.165) is 11.3 Å². The lowest BCUT2D eigenvalue weighted by Gasteiger charge is -2.18. The van der Waals surface area contributed by atoms with Crippen molar-refractivity contribution in [1.29, 1.82) is 0 Å². The van der Waals surface area contributed by atoms with E-state index in [9.17, 15) is 13.2 Å². The summed E-state index contributed by atoms with van der Waals surface area (Å²) >= 11 is 1.16. The minimum Gasteiger partial charge on any atom is -0.383 e. The number of hydrogen-bond donors (Lipinski definition) is 0. The van der Waals surface area contributed by atoms with Gasteiger partial charge in [-0.2, -0.15) is 0 Å². The Hall–Kier alpha value is -2.12. The van der Waals surface area contributed by atoms with Crippen LogP contribution in [0.2, 0.25) is 0 Å². The smallest absolute Gasteiger partial charge is 0.273 e. The van der Waals surface area contributed by atoms with E-state index in [-0.39, 0.29) is 9.99 Å². The fraction of sp³-hybridized carbons (Fsp3) is 0.188. The van der Waals surface area contributed by atoms with Crippen LogP contribution >= 0.6 is 11.3 Å². The van der Waals surface area contributed by atoms with Crippen LogP contribution in [-0.2, 0) is 10.0 Å². The lowest BCUT2D eigenvalue weighted by molar-refractivity contribution is 0.104. The van der Waals surface area contributed by atoms with Crippen molar-refractivity contribution in [2.45, 2.75) is 4.21 Å². The molecule has 0 amide bonds. The van der Waals surface area contributed by atoms with Crippen LogP contribution < -0.4 is 4.31 Å². The van der Waals surface area contributed by atoms with Crippen molar-refractivity contribution in [2.24, 2.45) is 0 Å². The molecular weight excluding hydrogens is 332 g/mol. The van der Waals surface area contributed by atoms with Crippen molar-refractivity contribution in [3.8, 4) is 0 Å². The highest BCUT2D eigenvalue weighted by Crippen LogP contribution is 2.25. The first-order valence-electron chi connectivity index (χ1n) is 6.84. The summed E-state index contributed by atoms with van der Waals surface area (Å²) in [6.45, 7) is 0. The molecule has 0 N–H and O–H groups in total. The molecule has 1 aromatic carbocycles. The number of nitrogens with zero attached hydrogens (tertiary/aromatic N) is 2. The number of carbonyl (C=O) groups excluding carboxylic acids is 1. The zero-order chi connectivity index (χ0) is 17.0. The maximum Gasteiger partial charge on any atom is 0.273 e. The van der Waals surface area contributed by atoms with Gasteiger partial charge in [-0.05, 0) is 23.6 Å². The van der Waals surface area contributed by atoms with Gasteiger partial charge in [0.2, 0.25) is 0 Å². The van der Waals surface area contributed by atoms with Gasteiger partial charge < -0.3 is 4.90 Å². The van der Waals surface area contributed by atoms with Crippen LogP contribution in [0.5, 0.6) is 0 Å². The van der Waals surface area contributed by atoms with Crippen LogP contribution in [0.3, 0.4) is 0 Å². The second-order valence-electron chi connectivity index (χ2n) is 5.10. The molecule has 23 heavy (non-hydrogen) atoms. The summed E-state index contributed by atoms with van der Waals surface area (Å²) in [5.74, 6) is -0.178. The summed E-state index contributed by atoms with van der Waals surface area (Å²) in [5, 5.41) is 1.71. The lowest BCUT2D eigenvalue weighted by atomic mass is 10.1. The molecule has 0 saturated carbocycles. The average molecular weight is 350 g/mol. The monoisotopic (exact) mass is 350 g/mol. The molecule has 122 valence electrons. The molecule has 0 radical (unpaired) electrons. The average Bonchev–Trinajstić information content (AvgIpc) is 3.07. The van der Waals surface area contributed by atoms with E-state index in [4.69, 9.17) is 0 Å². The zero-order valence-electron chi connectivity index (χ0n) is 13.1. The standard InChI is InChI=1S/C16H18N2O3S2/c1-17(2)10-9-15(19)13-6-4-7-14(12-13)18(3)23(20,21)16-8-5-11-22-16/h4-12H,1-3H3. The first-order valence-corrected chi connectivity index (χ1v) is 9.16. The van der Waals surface area contributed by atoms with Crippen LogP contribution in [-0.4, -0.2) is 40.2 Å². The zero-order valence-corrected chi connectivity index (χ0v) is 14.8. The number of rotatable bonds is 6. The van der Waals surface area contributed by atoms with Gasteiger partial charge in [0.15, 0.2) is 5.78 Å². The summed E-state index contributed by atoms with van der Waals surface area (Å²) in [4.78, 5) is 13.9. The molecule has 0 unspecified atom stereocenters. The number of ketones is 1. The van der Waals surface area contributed by atoms with Crippen molar-refractivity contribution in [3.05, 3.63) is 59.6 Å².